The largest absolute Gasteiger partial charge is 0.459 e. The first-order valence-electron chi connectivity index (χ1n) is 7.24. The molecular weight excluding hydrogens is 299 g/mol. The fraction of sp³-hybridized carbons (Fsp3) is 0.353. The molecule has 5 nitrogen and oxygen atoms in total. The average Bonchev–Trinajstić information content (AvgIpc) is 2.49. The van der Waals surface area contributed by atoms with Crippen LogP contribution < -0.4 is 5.32 Å². The number of carbonyl (C=O) groups excluding carboxylic acids is 2. The van der Waals surface area contributed by atoms with Crippen molar-refractivity contribution in [3.8, 4) is 0 Å². The summed E-state index contributed by atoms with van der Waals surface area (Å²) in [6.07, 6.45) is 1.48. The van der Waals surface area contributed by atoms with E-state index in [4.69, 9.17) is 4.74 Å². The van der Waals surface area contributed by atoms with Crippen molar-refractivity contribution in [2.45, 2.75) is 33.0 Å². The van der Waals surface area contributed by atoms with Crippen molar-refractivity contribution in [1.82, 2.24) is 10.3 Å². The molecule has 0 radical (unpaired) electrons. The molecule has 0 saturated carbocycles. The lowest BCUT2D eigenvalue weighted by molar-refractivity contribution is -0.153. The summed E-state index contributed by atoms with van der Waals surface area (Å²) in [5, 5.41) is 3.13. The fourth-order valence-electron chi connectivity index (χ4n) is 2.10. The number of amides is 1. The van der Waals surface area contributed by atoms with Crippen LogP contribution in [0.15, 0.2) is 30.5 Å². The zero-order valence-corrected chi connectivity index (χ0v) is 13.4. The van der Waals surface area contributed by atoms with Gasteiger partial charge in [0.25, 0.3) is 5.91 Å². The molecule has 1 aromatic carbocycles. The molecule has 1 heterocycles. The molecule has 0 aliphatic carbocycles. The zero-order valence-electron chi connectivity index (χ0n) is 13.4. The van der Waals surface area contributed by atoms with Gasteiger partial charge >= 0.3 is 5.97 Å². The van der Waals surface area contributed by atoms with Crippen LogP contribution in [-0.2, 0) is 16.2 Å². The second-order valence-electron chi connectivity index (χ2n) is 6.11. The molecule has 122 valence electrons. The Balaban J connectivity index is 2.14. The predicted molar refractivity (Wildman–Crippen MR) is 84.7 cm³/mol. The number of esters is 1. The SMILES string of the molecule is CC(C)(C)OC(=O)CNC(=O)c1ccnc2cc(CF)ccc12. The molecule has 0 aliphatic rings. The third-order valence-corrected chi connectivity index (χ3v) is 3.02. The van der Waals surface area contributed by atoms with Gasteiger partial charge in [-0.1, -0.05) is 12.1 Å². The van der Waals surface area contributed by atoms with Gasteiger partial charge in [-0.2, -0.15) is 0 Å². The first-order chi connectivity index (χ1) is 10.8. The Kier molecular flexibility index (Phi) is 4.93. The number of halogens is 1. The van der Waals surface area contributed by atoms with E-state index >= 15 is 0 Å². The number of aromatic nitrogens is 1. The Hall–Kier alpha value is -2.50. The number of rotatable bonds is 4. The molecule has 6 heteroatoms. The molecule has 1 N–H and O–H groups in total. The Bertz CT molecular complexity index is 738. The zero-order chi connectivity index (χ0) is 17.0. The highest BCUT2D eigenvalue weighted by Gasteiger charge is 2.18. The molecule has 23 heavy (non-hydrogen) atoms. The smallest absolute Gasteiger partial charge is 0.325 e. The Morgan fingerprint density at radius 1 is 1.26 bits per heavy atom. The number of carbonyl (C=O) groups is 2. The number of nitrogens with one attached hydrogen (secondary N) is 1. The Morgan fingerprint density at radius 3 is 2.65 bits per heavy atom. The number of fused-ring (bicyclic) bond motifs is 1. The van der Waals surface area contributed by atoms with E-state index in [1.165, 1.54) is 6.20 Å². The van der Waals surface area contributed by atoms with Gasteiger partial charge in [-0.15, -0.1) is 0 Å². The third kappa shape index (κ3) is 4.48. The van der Waals surface area contributed by atoms with E-state index in [0.29, 0.717) is 22.0 Å². The third-order valence-electron chi connectivity index (χ3n) is 3.02. The van der Waals surface area contributed by atoms with Crippen LogP contribution >= 0.6 is 0 Å². The predicted octanol–water partition coefficient (Wildman–Crippen LogP) is 2.78. The highest BCUT2D eigenvalue weighted by molar-refractivity contribution is 6.06. The number of pyridine rings is 1. The molecule has 2 aromatic rings. The number of hydrogen-bond donors (Lipinski definition) is 1. The molecule has 1 aromatic heterocycles. The summed E-state index contributed by atoms with van der Waals surface area (Å²) in [5.74, 6) is -0.916. The van der Waals surface area contributed by atoms with E-state index in [2.05, 4.69) is 10.3 Å². The first kappa shape index (κ1) is 16.9. The number of ether oxygens (including phenoxy) is 1. The van der Waals surface area contributed by atoms with Crippen LogP contribution in [0.1, 0.15) is 36.7 Å². The van der Waals surface area contributed by atoms with Crippen molar-refractivity contribution in [2.75, 3.05) is 6.54 Å². The quantitative estimate of drug-likeness (QED) is 0.880. The first-order valence-corrected chi connectivity index (χ1v) is 7.24. The van der Waals surface area contributed by atoms with Crippen LogP contribution in [0.25, 0.3) is 10.9 Å². The summed E-state index contributed by atoms with van der Waals surface area (Å²) < 4.78 is 17.8. The van der Waals surface area contributed by atoms with Crippen molar-refractivity contribution in [3.63, 3.8) is 0 Å². The second-order valence-corrected chi connectivity index (χ2v) is 6.11. The lowest BCUT2D eigenvalue weighted by Gasteiger charge is -2.19. The number of alkyl halides is 1. The highest BCUT2D eigenvalue weighted by Crippen LogP contribution is 2.19. The Morgan fingerprint density at radius 2 is 2.00 bits per heavy atom. The van der Waals surface area contributed by atoms with Crippen molar-refractivity contribution in [3.05, 3.63) is 41.6 Å². The molecule has 0 bridgehead atoms. The Labute approximate surface area is 133 Å². The summed E-state index contributed by atoms with van der Waals surface area (Å²) in [4.78, 5) is 28.1. The summed E-state index contributed by atoms with van der Waals surface area (Å²) in [7, 11) is 0. The fourth-order valence-corrected chi connectivity index (χ4v) is 2.10. The highest BCUT2D eigenvalue weighted by atomic mass is 19.1. The number of benzene rings is 1. The molecule has 0 saturated heterocycles. The molecule has 0 atom stereocenters. The van der Waals surface area contributed by atoms with Crippen LogP contribution in [0.5, 0.6) is 0 Å². The van der Waals surface area contributed by atoms with E-state index in [-0.39, 0.29) is 6.54 Å². The van der Waals surface area contributed by atoms with Crippen molar-refractivity contribution < 1.29 is 18.7 Å². The van der Waals surface area contributed by atoms with Crippen molar-refractivity contribution in [1.29, 1.82) is 0 Å². The lowest BCUT2D eigenvalue weighted by atomic mass is 10.1. The molecular formula is C17H19FN2O3. The molecule has 0 spiro atoms. The van der Waals surface area contributed by atoms with Gasteiger partial charge in [0.15, 0.2) is 0 Å². The van der Waals surface area contributed by atoms with Crippen LogP contribution in [0.2, 0.25) is 0 Å². The minimum absolute atomic E-state index is 0.220. The van der Waals surface area contributed by atoms with Gasteiger partial charge < -0.3 is 10.1 Å². The summed E-state index contributed by atoms with van der Waals surface area (Å²) in [6, 6.07) is 6.41. The monoisotopic (exact) mass is 318 g/mol. The summed E-state index contributed by atoms with van der Waals surface area (Å²) in [5.41, 5.74) is 0.804. The van der Waals surface area contributed by atoms with E-state index in [9.17, 15) is 14.0 Å². The van der Waals surface area contributed by atoms with E-state index in [1.807, 2.05) is 0 Å². The summed E-state index contributed by atoms with van der Waals surface area (Å²) >= 11 is 0. The van der Waals surface area contributed by atoms with Gasteiger partial charge in [0.05, 0.1) is 11.1 Å². The van der Waals surface area contributed by atoms with Gasteiger partial charge in [0, 0.05) is 11.6 Å². The maximum Gasteiger partial charge on any atom is 0.325 e. The average molecular weight is 318 g/mol. The molecule has 0 aliphatic heterocycles. The van der Waals surface area contributed by atoms with Gasteiger partial charge in [0.1, 0.15) is 18.8 Å². The number of nitrogens with zero attached hydrogens (tertiary/aromatic N) is 1. The second kappa shape index (κ2) is 6.73. The number of hydrogen-bond acceptors (Lipinski definition) is 4. The van der Waals surface area contributed by atoms with E-state index < -0.39 is 24.2 Å². The van der Waals surface area contributed by atoms with E-state index in [0.717, 1.165) is 0 Å². The van der Waals surface area contributed by atoms with Crippen LogP contribution in [-0.4, -0.2) is 29.0 Å². The van der Waals surface area contributed by atoms with E-state index in [1.54, 1.807) is 45.0 Å². The van der Waals surface area contributed by atoms with Gasteiger partial charge in [0.2, 0.25) is 0 Å². The standard InChI is InChI=1S/C17H19FN2O3/c1-17(2,3)23-15(21)10-20-16(22)13-6-7-19-14-8-11(9-18)4-5-12(13)14/h4-8H,9-10H2,1-3H3,(H,20,22). The maximum atomic E-state index is 12.7. The molecule has 0 unspecified atom stereocenters. The van der Waals surface area contributed by atoms with Gasteiger partial charge in [-0.3, -0.25) is 14.6 Å². The molecule has 2 rings (SSSR count). The topological polar surface area (TPSA) is 68.3 Å². The van der Waals surface area contributed by atoms with Crippen LogP contribution in [0, 0.1) is 0 Å². The van der Waals surface area contributed by atoms with Crippen LogP contribution in [0.4, 0.5) is 4.39 Å². The molecule has 0 fully saturated rings. The lowest BCUT2D eigenvalue weighted by Crippen LogP contribution is -2.34. The van der Waals surface area contributed by atoms with Gasteiger partial charge in [-0.05, 0) is 38.5 Å². The minimum atomic E-state index is -0.603. The van der Waals surface area contributed by atoms with Gasteiger partial charge in [-0.25, -0.2) is 4.39 Å². The maximum absolute atomic E-state index is 12.7. The van der Waals surface area contributed by atoms with Crippen molar-refractivity contribution >= 4 is 22.8 Å². The summed E-state index contributed by atoms with van der Waals surface area (Å²) in [6.45, 7) is 4.46. The molecule has 1 amide bonds. The minimum Gasteiger partial charge on any atom is -0.459 e. The van der Waals surface area contributed by atoms with Crippen LogP contribution in [0.3, 0.4) is 0 Å². The normalized spacial score (nSPS) is 11.3. The van der Waals surface area contributed by atoms with Crippen molar-refractivity contribution in [2.24, 2.45) is 0 Å².